The number of ketones is 1. The quantitative estimate of drug-likeness (QED) is 0.511. The third-order valence-corrected chi connectivity index (χ3v) is 6.55. The predicted octanol–water partition coefficient (Wildman–Crippen LogP) is 5.38. The predicted molar refractivity (Wildman–Crippen MR) is 118 cm³/mol. The van der Waals surface area contributed by atoms with Gasteiger partial charge in [-0.05, 0) is 57.2 Å². The number of thiophene rings is 1. The SMILES string of the molecule is CN1CCC(Nc2ccc(-c3cc(CCC(=O)c4ccc(Cl)s4)on3)cc2)CC1. The van der Waals surface area contributed by atoms with Crippen molar-refractivity contribution in [1.82, 2.24) is 10.1 Å². The molecular formula is C22H24ClN3O2S. The topological polar surface area (TPSA) is 58.4 Å². The first-order valence-electron chi connectivity index (χ1n) is 9.86. The second kappa shape index (κ2) is 9.11. The normalized spacial score (nSPS) is 15.5. The van der Waals surface area contributed by atoms with E-state index in [2.05, 4.69) is 46.7 Å². The highest BCUT2D eigenvalue weighted by Gasteiger charge is 2.16. The molecule has 1 aromatic carbocycles. The molecule has 0 bridgehead atoms. The largest absolute Gasteiger partial charge is 0.382 e. The second-order valence-corrected chi connectivity index (χ2v) is 9.22. The van der Waals surface area contributed by atoms with E-state index < -0.39 is 0 Å². The van der Waals surface area contributed by atoms with Gasteiger partial charge in [0.2, 0.25) is 0 Å². The molecule has 5 nitrogen and oxygen atoms in total. The molecule has 0 aliphatic carbocycles. The number of benzene rings is 1. The lowest BCUT2D eigenvalue weighted by molar-refractivity contribution is 0.0984. The van der Waals surface area contributed by atoms with Gasteiger partial charge in [0.1, 0.15) is 11.5 Å². The van der Waals surface area contributed by atoms with Crippen LogP contribution < -0.4 is 5.32 Å². The molecule has 4 rings (SSSR count). The average Bonchev–Trinajstić information content (AvgIpc) is 3.38. The summed E-state index contributed by atoms with van der Waals surface area (Å²) in [5.74, 6) is 0.786. The molecule has 1 fully saturated rings. The van der Waals surface area contributed by atoms with Gasteiger partial charge in [0.05, 0.1) is 9.21 Å². The van der Waals surface area contributed by atoms with Crippen molar-refractivity contribution in [3.63, 3.8) is 0 Å². The van der Waals surface area contributed by atoms with E-state index in [1.165, 1.54) is 24.2 Å². The van der Waals surface area contributed by atoms with Gasteiger partial charge in [-0.3, -0.25) is 4.79 Å². The van der Waals surface area contributed by atoms with Crippen molar-refractivity contribution in [3.8, 4) is 11.3 Å². The number of piperidine rings is 1. The van der Waals surface area contributed by atoms with Gasteiger partial charge < -0.3 is 14.7 Å². The van der Waals surface area contributed by atoms with Crippen LogP contribution in [0, 0.1) is 0 Å². The summed E-state index contributed by atoms with van der Waals surface area (Å²) in [6, 6.07) is 14.2. The molecule has 0 atom stereocenters. The van der Waals surface area contributed by atoms with Crippen molar-refractivity contribution >= 4 is 34.4 Å². The molecule has 2 aromatic heterocycles. The minimum Gasteiger partial charge on any atom is -0.382 e. The van der Waals surface area contributed by atoms with Crippen LogP contribution in [0.1, 0.15) is 34.7 Å². The summed E-state index contributed by atoms with van der Waals surface area (Å²) in [6.07, 6.45) is 3.24. The van der Waals surface area contributed by atoms with E-state index in [1.54, 1.807) is 12.1 Å². The molecule has 1 N–H and O–H groups in total. The molecule has 29 heavy (non-hydrogen) atoms. The molecule has 0 radical (unpaired) electrons. The van der Waals surface area contributed by atoms with E-state index in [1.807, 2.05) is 6.07 Å². The summed E-state index contributed by atoms with van der Waals surface area (Å²) in [6.45, 7) is 2.28. The highest BCUT2D eigenvalue weighted by atomic mass is 35.5. The zero-order valence-electron chi connectivity index (χ0n) is 16.4. The zero-order valence-corrected chi connectivity index (χ0v) is 17.9. The number of carbonyl (C=O) groups excluding carboxylic acids is 1. The lowest BCUT2D eigenvalue weighted by Crippen LogP contribution is -2.36. The Labute approximate surface area is 179 Å². The molecule has 7 heteroatoms. The number of Topliss-reactive ketones (excluding diaryl/α,β-unsaturated/α-hetero) is 1. The van der Waals surface area contributed by atoms with Crippen molar-refractivity contribution < 1.29 is 9.32 Å². The molecule has 0 saturated carbocycles. The van der Waals surface area contributed by atoms with Gasteiger partial charge >= 0.3 is 0 Å². The van der Waals surface area contributed by atoms with Crippen molar-refractivity contribution in [2.24, 2.45) is 0 Å². The smallest absolute Gasteiger partial charge is 0.173 e. The molecule has 3 aromatic rings. The number of anilines is 1. The van der Waals surface area contributed by atoms with Crippen LogP contribution in [-0.4, -0.2) is 42.0 Å². The molecule has 1 aliphatic heterocycles. The van der Waals surface area contributed by atoms with Gasteiger partial charge in [0.15, 0.2) is 5.78 Å². The van der Waals surface area contributed by atoms with Gasteiger partial charge in [-0.2, -0.15) is 0 Å². The number of carbonyl (C=O) groups is 1. The molecule has 0 spiro atoms. The van der Waals surface area contributed by atoms with E-state index >= 15 is 0 Å². The van der Waals surface area contributed by atoms with E-state index in [4.69, 9.17) is 16.1 Å². The molecule has 0 unspecified atom stereocenters. The Balaban J connectivity index is 1.32. The van der Waals surface area contributed by atoms with Crippen molar-refractivity contribution in [2.45, 2.75) is 31.7 Å². The van der Waals surface area contributed by atoms with E-state index in [0.29, 0.717) is 33.9 Å². The second-order valence-electron chi connectivity index (χ2n) is 7.50. The Morgan fingerprint density at radius 2 is 2.00 bits per heavy atom. The maximum absolute atomic E-state index is 12.2. The molecule has 1 saturated heterocycles. The first-order valence-corrected chi connectivity index (χ1v) is 11.1. The minimum atomic E-state index is 0.0733. The summed E-state index contributed by atoms with van der Waals surface area (Å²) in [5, 5.41) is 7.78. The number of likely N-dealkylation sites (tertiary alicyclic amines) is 1. The number of halogens is 1. The maximum atomic E-state index is 12.2. The highest BCUT2D eigenvalue weighted by Crippen LogP contribution is 2.25. The van der Waals surface area contributed by atoms with Crippen LogP contribution in [0.15, 0.2) is 47.0 Å². The number of rotatable bonds is 7. The Morgan fingerprint density at radius 3 is 2.69 bits per heavy atom. The molecular weight excluding hydrogens is 406 g/mol. The molecule has 1 aliphatic rings. The van der Waals surface area contributed by atoms with Gasteiger partial charge in [-0.1, -0.05) is 28.9 Å². The van der Waals surface area contributed by atoms with E-state index in [0.717, 1.165) is 30.0 Å². The van der Waals surface area contributed by atoms with E-state index in [-0.39, 0.29) is 5.78 Å². The summed E-state index contributed by atoms with van der Waals surface area (Å²) in [5.41, 5.74) is 2.93. The number of nitrogens with zero attached hydrogens (tertiary/aromatic N) is 2. The van der Waals surface area contributed by atoms with Crippen LogP contribution in [0.4, 0.5) is 5.69 Å². The number of hydrogen-bond acceptors (Lipinski definition) is 6. The summed E-state index contributed by atoms with van der Waals surface area (Å²) in [7, 11) is 2.17. The zero-order chi connectivity index (χ0) is 20.2. The fourth-order valence-corrected chi connectivity index (χ4v) is 4.53. The van der Waals surface area contributed by atoms with Crippen molar-refractivity contribution in [3.05, 3.63) is 57.4 Å². The number of nitrogens with one attached hydrogen (secondary N) is 1. The number of hydrogen-bond donors (Lipinski definition) is 1. The van der Waals surface area contributed by atoms with Crippen molar-refractivity contribution in [1.29, 1.82) is 0 Å². The Hall–Kier alpha value is -2.15. The van der Waals surface area contributed by atoms with Crippen LogP contribution in [0.5, 0.6) is 0 Å². The van der Waals surface area contributed by atoms with Crippen LogP contribution >= 0.6 is 22.9 Å². The average molecular weight is 430 g/mol. The fourth-order valence-electron chi connectivity index (χ4n) is 3.52. The van der Waals surface area contributed by atoms with E-state index in [9.17, 15) is 4.79 Å². The van der Waals surface area contributed by atoms with Gasteiger partial charge in [0, 0.05) is 36.2 Å². The highest BCUT2D eigenvalue weighted by molar-refractivity contribution is 7.18. The van der Waals surface area contributed by atoms with Gasteiger partial charge in [-0.25, -0.2) is 0 Å². The Kier molecular flexibility index (Phi) is 6.33. The summed E-state index contributed by atoms with van der Waals surface area (Å²) >= 11 is 7.20. The standard InChI is InChI=1S/C22H24ClN3O2S/c1-26-12-10-17(11-13-26)24-16-4-2-15(3-5-16)19-14-18(28-25-19)6-7-20(27)21-8-9-22(23)29-21/h2-5,8-9,14,17,24H,6-7,10-13H2,1H3. The fraction of sp³-hybridized carbons (Fsp3) is 0.364. The molecule has 3 heterocycles. The molecule has 0 amide bonds. The number of aryl methyl sites for hydroxylation is 1. The van der Waals surface area contributed by atoms with Crippen LogP contribution in [0.25, 0.3) is 11.3 Å². The minimum absolute atomic E-state index is 0.0733. The third kappa shape index (κ3) is 5.26. The summed E-state index contributed by atoms with van der Waals surface area (Å²) in [4.78, 5) is 15.3. The van der Waals surface area contributed by atoms with Gasteiger partial charge in [-0.15, -0.1) is 11.3 Å². The monoisotopic (exact) mass is 429 g/mol. The Morgan fingerprint density at radius 1 is 1.24 bits per heavy atom. The maximum Gasteiger partial charge on any atom is 0.173 e. The summed E-state index contributed by atoms with van der Waals surface area (Å²) < 4.78 is 6.06. The first-order chi connectivity index (χ1) is 14.1. The first kappa shape index (κ1) is 20.1. The van der Waals surface area contributed by atoms with Crippen molar-refractivity contribution in [2.75, 3.05) is 25.5 Å². The molecule has 152 valence electrons. The Bertz CT molecular complexity index is 959. The third-order valence-electron chi connectivity index (χ3n) is 5.28. The van der Waals surface area contributed by atoms with Crippen LogP contribution in [0.2, 0.25) is 4.34 Å². The lowest BCUT2D eigenvalue weighted by Gasteiger charge is -2.30. The van der Waals surface area contributed by atoms with Crippen LogP contribution in [0.3, 0.4) is 0 Å². The lowest BCUT2D eigenvalue weighted by atomic mass is 10.0. The number of aromatic nitrogens is 1. The van der Waals surface area contributed by atoms with Crippen LogP contribution in [-0.2, 0) is 6.42 Å². The van der Waals surface area contributed by atoms with Gasteiger partial charge in [0.25, 0.3) is 0 Å².